The Kier molecular flexibility index (Phi) is 6.00. The van der Waals surface area contributed by atoms with Crippen molar-refractivity contribution >= 4 is 0 Å². The summed E-state index contributed by atoms with van der Waals surface area (Å²) >= 11 is 0. The molecule has 0 heterocycles. The first-order chi connectivity index (χ1) is 5.13. The summed E-state index contributed by atoms with van der Waals surface area (Å²) in [6.45, 7) is 8.20. The van der Waals surface area contributed by atoms with Crippen LogP contribution in [-0.2, 0) is 0 Å². The van der Waals surface area contributed by atoms with Crippen molar-refractivity contribution in [3.63, 3.8) is 0 Å². The molecule has 1 nitrogen and oxygen atoms in total. The summed E-state index contributed by atoms with van der Waals surface area (Å²) in [4.78, 5) is 0. The highest BCUT2D eigenvalue weighted by molar-refractivity contribution is 4.84. The maximum Gasteiger partial charge on any atom is 0.000744 e. The Morgan fingerprint density at radius 1 is 1.27 bits per heavy atom. The van der Waals surface area contributed by atoms with Gasteiger partial charge in [0.2, 0.25) is 0 Å². The smallest absolute Gasteiger partial charge is 0.000744 e. The van der Waals surface area contributed by atoms with Crippen LogP contribution in [-0.4, -0.2) is 0 Å². The molecular formula is C10H21N. The zero-order chi connectivity index (χ0) is 8.69. The van der Waals surface area contributed by atoms with Gasteiger partial charge in [0, 0.05) is 5.70 Å². The second kappa shape index (κ2) is 6.26. The third-order valence-corrected chi connectivity index (χ3v) is 1.78. The van der Waals surface area contributed by atoms with Gasteiger partial charge in [-0.25, -0.2) is 0 Å². The number of allylic oxidation sites excluding steroid dienone is 1. The van der Waals surface area contributed by atoms with Gasteiger partial charge in [-0.15, -0.1) is 0 Å². The van der Waals surface area contributed by atoms with Gasteiger partial charge >= 0.3 is 0 Å². The maximum absolute atomic E-state index is 5.44. The molecule has 0 rings (SSSR count). The first-order valence-electron chi connectivity index (χ1n) is 4.56. The number of nitrogens with two attached hydrogens (primary N) is 1. The zero-order valence-electron chi connectivity index (χ0n) is 7.90. The molecule has 66 valence electrons. The van der Waals surface area contributed by atoms with Crippen LogP contribution in [0, 0.1) is 5.92 Å². The molecule has 0 aliphatic heterocycles. The number of hydrogen-bond donors (Lipinski definition) is 1. The van der Waals surface area contributed by atoms with Crippen LogP contribution in [0.25, 0.3) is 0 Å². The quantitative estimate of drug-likeness (QED) is 0.586. The summed E-state index contributed by atoms with van der Waals surface area (Å²) < 4.78 is 0. The molecule has 0 radical (unpaired) electrons. The zero-order valence-corrected chi connectivity index (χ0v) is 7.90. The van der Waals surface area contributed by atoms with E-state index in [4.69, 9.17) is 5.73 Å². The van der Waals surface area contributed by atoms with E-state index in [0.717, 1.165) is 18.0 Å². The molecule has 0 aromatic heterocycles. The predicted octanol–water partition coefficient (Wildman–Crippen LogP) is 3.07. The molecule has 0 spiro atoms. The van der Waals surface area contributed by atoms with Crippen LogP contribution in [0.3, 0.4) is 0 Å². The van der Waals surface area contributed by atoms with Gasteiger partial charge in [0.1, 0.15) is 0 Å². The molecular weight excluding hydrogens is 134 g/mol. The summed E-state index contributed by atoms with van der Waals surface area (Å²) in [5.74, 6) is 0.844. The Labute approximate surface area is 70.7 Å². The minimum atomic E-state index is 0.828. The molecule has 0 aromatic rings. The molecule has 0 fully saturated rings. The van der Waals surface area contributed by atoms with Gasteiger partial charge < -0.3 is 5.73 Å². The molecule has 0 aromatic carbocycles. The van der Waals surface area contributed by atoms with Crippen molar-refractivity contribution in [1.29, 1.82) is 0 Å². The third kappa shape index (κ3) is 9.54. The topological polar surface area (TPSA) is 26.0 Å². The molecule has 0 aliphatic carbocycles. The lowest BCUT2D eigenvalue weighted by molar-refractivity contribution is 0.526. The van der Waals surface area contributed by atoms with Crippen LogP contribution < -0.4 is 5.73 Å². The molecule has 11 heavy (non-hydrogen) atoms. The lowest BCUT2D eigenvalue weighted by Crippen LogP contribution is -1.94. The molecule has 0 bridgehead atoms. The van der Waals surface area contributed by atoms with Crippen molar-refractivity contribution in [2.75, 3.05) is 0 Å². The summed E-state index contributed by atoms with van der Waals surface area (Å²) in [6, 6.07) is 0. The van der Waals surface area contributed by atoms with Crippen LogP contribution in [0.5, 0.6) is 0 Å². The number of rotatable bonds is 6. The van der Waals surface area contributed by atoms with Crippen LogP contribution in [0.2, 0.25) is 0 Å². The van der Waals surface area contributed by atoms with Crippen molar-refractivity contribution in [2.24, 2.45) is 11.7 Å². The maximum atomic E-state index is 5.44. The highest BCUT2D eigenvalue weighted by atomic mass is 14.5. The fourth-order valence-electron chi connectivity index (χ4n) is 1.08. The highest BCUT2D eigenvalue weighted by Crippen LogP contribution is 2.10. The third-order valence-electron chi connectivity index (χ3n) is 1.78. The largest absolute Gasteiger partial charge is 0.403 e. The second-order valence-corrected chi connectivity index (χ2v) is 3.65. The standard InChI is InChI=1S/C10H21N/c1-9(2)7-5-4-6-8-10(3)11/h9H,3-8,11H2,1-2H3. The van der Waals surface area contributed by atoms with E-state index in [1.54, 1.807) is 0 Å². The summed E-state index contributed by atoms with van der Waals surface area (Å²) in [6.07, 6.45) is 6.19. The Morgan fingerprint density at radius 3 is 2.36 bits per heavy atom. The Balaban J connectivity index is 2.97. The lowest BCUT2D eigenvalue weighted by atomic mass is 10.0. The van der Waals surface area contributed by atoms with E-state index in [-0.39, 0.29) is 0 Å². The Bertz CT molecular complexity index is 105. The average molecular weight is 155 g/mol. The van der Waals surface area contributed by atoms with E-state index < -0.39 is 0 Å². The van der Waals surface area contributed by atoms with Gasteiger partial charge in [-0.3, -0.25) is 0 Å². The molecule has 0 saturated carbocycles. The highest BCUT2D eigenvalue weighted by Gasteiger charge is 1.94. The van der Waals surface area contributed by atoms with E-state index in [1.807, 2.05) is 0 Å². The van der Waals surface area contributed by atoms with E-state index in [0.29, 0.717) is 0 Å². The molecule has 0 saturated heterocycles. The van der Waals surface area contributed by atoms with Gasteiger partial charge in [0.15, 0.2) is 0 Å². The van der Waals surface area contributed by atoms with E-state index in [2.05, 4.69) is 20.4 Å². The molecule has 0 unspecified atom stereocenters. The van der Waals surface area contributed by atoms with Gasteiger partial charge in [-0.1, -0.05) is 39.7 Å². The SMILES string of the molecule is C=C(N)CCCCCC(C)C. The minimum absolute atomic E-state index is 0.828. The predicted molar refractivity (Wildman–Crippen MR) is 51.3 cm³/mol. The average Bonchev–Trinajstić information content (AvgIpc) is 1.85. The van der Waals surface area contributed by atoms with Crippen molar-refractivity contribution in [3.8, 4) is 0 Å². The van der Waals surface area contributed by atoms with Gasteiger partial charge in [0.25, 0.3) is 0 Å². The monoisotopic (exact) mass is 155 g/mol. The van der Waals surface area contributed by atoms with Crippen LogP contribution in [0.1, 0.15) is 46.0 Å². The van der Waals surface area contributed by atoms with Crippen molar-refractivity contribution < 1.29 is 0 Å². The normalized spacial score (nSPS) is 10.5. The molecule has 1 heteroatoms. The van der Waals surface area contributed by atoms with Gasteiger partial charge in [-0.2, -0.15) is 0 Å². The summed E-state index contributed by atoms with van der Waals surface area (Å²) in [7, 11) is 0. The van der Waals surface area contributed by atoms with Crippen LogP contribution >= 0.6 is 0 Å². The number of unbranched alkanes of at least 4 members (excludes halogenated alkanes) is 2. The van der Waals surface area contributed by atoms with E-state index >= 15 is 0 Å². The molecule has 0 atom stereocenters. The Morgan fingerprint density at radius 2 is 1.91 bits per heavy atom. The molecule has 2 N–H and O–H groups in total. The summed E-state index contributed by atoms with van der Waals surface area (Å²) in [5.41, 5.74) is 6.27. The molecule has 0 aliphatic rings. The minimum Gasteiger partial charge on any atom is -0.403 e. The first-order valence-corrected chi connectivity index (χ1v) is 4.56. The lowest BCUT2D eigenvalue weighted by Gasteiger charge is -2.03. The fourth-order valence-corrected chi connectivity index (χ4v) is 1.08. The molecule has 0 amide bonds. The summed E-state index contributed by atoms with van der Waals surface area (Å²) in [5, 5.41) is 0. The van der Waals surface area contributed by atoms with E-state index in [9.17, 15) is 0 Å². The number of hydrogen-bond acceptors (Lipinski definition) is 1. The fraction of sp³-hybridized carbons (Fsp3) is 0.800. The second-order valence-electron chi connectivity index (χ2n) is 3.65. The van der Waals surface area contributed by atoms with Gasteiger partial charge in [0.05, 0.1) is 0 Å². The van der Waals surface area contributed by atoms with Crippen LogP contribution in [0.15, 0.2) is 12.3 Å². The van der Waals surface area contributed by atoms with Crippen molar-refractivity contribution in [2.45, 2.75) is 46.0 Å². The van der Waals surface area contributed by atoms with Crippen LogP contribution in [0.4, 0.5) is 0 Å². The Hall–Kier alpha value is -0.460. The van der Waals surface area contributed by atoms with Crippen molar-refractivity contribution in [1.82, 2.24) is 0 Å². The van der Waals surface area contributed by atoms with Crippen molar-refractivity contribution in [3.05, 3.63) is 12.3 Å². The van der Waals surface area contributed by atoms with Gasteiger partial charge in [-0.05, 0) is 18.8 Å². The first kappa shape index (κ1) is 10.5. The van der Waals surface area contributed by atoms with E-state index in [1.165, 1.54) is 25.7 Å².